The molecule has 3 aromatic rings. The van der Waals surface area contributed by atoms with Gasteiger partial charge in [0, 0.05) is 17.3 Å². The zero-order chi connectivity index (χ0) is 14.3. The lowest BCUT2D eigenvalue weighted by atomic mass is 10.1. The highest BCUT2D eigenvalue weighted by Gasteiger charge is 2.09. The molecule has 0 atom stereocenters. The molecule has 0 saturated carbocycles. The Hall–Kier alpha value is -2.55. The van der Waals surface area contributed by atoms with Crippen LogP contribution in [0.5, 0.6) is 0 Å². The van der Waals surface area contributed by atoms with E-state index < -0.39 is 0 Å². The van der Waals surface area contributed by atoms with Gasteiger partial charge in [-0.3, -0.25) is 4.79 Å². The van der Waals surface area contributed by atoms with Crippen LogP contribution >= 0.6 is 0 Å². The first-order valence-electron chi connectivity index (χ1n) is 6.45. The number of rotatable bonds is 1. The lowest BCUT2D eigenvalue weighted by molar-refractivity contribution is 0.618. The first kappa shape index (κ1) is 12.5. The van der Waals surface area contributed by atoms with Crippen molar-refractivity contribution in [2.24, 2.45) is 0 Å². The van der Waals surface area contributed by atoms with Crippen LogP contribution in [0.15, 0.2) is 51.7 Å². The highest BCUT2D eigenvalue weighted by atomic mass is 16.3. The zero-order valence-corrected chi connectivity index (χ0v) is 11.4. The number of hydrogen-bond donors (Lipinski definition) is 1. The summed E-state index contributed by atoms with van der Waals surface area (Å²) in [5, 5.41) is 0.648. The Morgan fingerprint density at radius 1 is 1.00 bits per heavy atom. The van der Waals surface area contributed by atoms with Crippen LogP contribution < -0.4 is 11.2 Å². The predicted molar refractivity (Wildman–Crippen MR) is 81.8 cm³/mol. The van der Waals surface area contributed by atoms with Gasteiger partial charge in [-0.2, -0.15) is 0 Å². The highest BCUT2D eigenvalue weighted by molar-refractivity contribution is 5.82. The van der Waals surface area contributed by atoms with Gasteiger partial charge in [-0.25, -0.2) is 0 Å². The summed E-state index contributed by atoms with van der Waals surface area (Å²) in [6, 6.07) is 12.7. The van der Waals surface area contributed by atoms with Crippen molar-refractivity contribution in [1.29, 1.82) is 0 Å². The number of hydrogen-bond acceptors (Lipinski definition) is 3. The highest BCUT2D eigenvalue weighted by Crippen LogP contribution is 2.25. The Labute approximate surface area is 116 Å². The maximum absolute atomic E-state index is 12.3. The third kappa shape index (κ3) is 2.07. The summed E-state index contributed by atoms with van der Waals surface area (Å²) in [6.07, 6.45) is 0. The SMILES string of the molecule is Cc1cc(C)c2c(=O)cc(-c3ccc(N)cc3)oc2c1. The maximum Gasteiger partial charge on any atom is 0.193 e. The summed E-state index contributed by atoms with van der Waals surface area (Å²) in [5.74, 6) is 0.563. The molecule has 100 valence electrons. The average molecular weight is 265 g/mol. The van der Waals surface area contributed by atoms with Crippen molar-refractivity contribution in [3.05, 3.63) is 63.8 Å². The average Bonchev–Trinajstić information content (AvgIpc) is 2.38. The van der Waals surface area contributed by atoms with Crippen molar-refractivity contribution in [3.63, 3.8) is 0 Å². The smallest absolute Gasteiger partial charge is 0.193 e. The predicted octanol–water partition coefficient (Wildman–Crippen LogP) is 3.66. The van der Waals surface area contributed by atoms with Crippen molar-refractivity contribution < 1.29 is 4.42 Å². The van der Waals surface area contributed by atoms with E-state index in [0.29, 0.717) is 22.4 Å². The second-order valence-electron chi connectivity index (χ2n) is 5.05. The Kier molecular flexibility index (Phi) is 2.83. The van der Waals surface area contributed by atoms with Crippen molar-refractivity contribution in [2.75, 3.05) is 5.73 Å². The molecule has 3 heteroatoms. The van der Waals surface area contributed by atoms with E-state index >= 15 is 0 Å². The van der Waals surface area contributed by atoms with Crippen molar-refractivity contribution >= 4 is 16.7 Å². The minimum Gasteiger partial charge on any atom is -0.456 e. The lowest BCUT2D eigenvalue weighted by Crippen LogP contribution is -2.02. The molecule has 0 aliphatic rings. The molecular formula is C17H15NO2. The number of aryl methyl sites for hydroxylation is 2. The van der Waals surface area contributed by atoms with Crippen molar-refractivity contribution in [3.8, 4) is 11.3 Å². The lowest BCUT2D eigenvalue weighted by Gasteiger charge is -2.06. The molecule has 0 saturated heterocycles. The minimum absolute atomic E-state index is 0.0180. The van der Waals surface area contributed by atoms with Gasteiger partial charge in [-0.1, -0.05) is 6.07 Å². The summed E-state index contributed by atoms with van der Waals surface area (Å²) in [5.41, 5.74) is 9.83. The molecule has 3 nitrogen and oxygen atoms in total. The quantitative estimate of drug-likeness (QED) is 0.683. The van der Waals surface area contributed by atoms with Crippen LogP contribution in [0.4, 0.5) is 5.69 Å². The van der Waals surface area contributed by atoms with Gasteiger partial charge >= 0.3 is 0 Å². The molecule has 1 heterocycles. The second kappa shape index (κ2) is 4.53. The number of benzene rings is 2. The summed E-state index contributed by atoms with van der Waals surface area (Å²) in [6.45, 7) is 3.91. The third-order valence-corrected chi connectivity index (χ3v) is 3.37. The molecule has 0 fully saturated rings. The molecule has 0 aliphatic carbocycles. The molecule has 0 radical (unpaired) electrons. The monoisotopic (exact) mass is 265 g/mol. The number of nitrogens with two attached hydrogens (primary N) is 1. The van der Waals surface area contributed by atoms with E-state index in [-0.39, 0.29) is 5.43 Å². The van der Waals surface area contributed by atoms with E-state index in [1.165, 1.54) is 6.07 Å². The first-order valence-corrected chi connectivity index (χ1v) is 6.45. The fourth-order valence-electron chi connectivity index (χ4n) is 2.45. The molecule has 3 rings (SSSR count). The second-order valence-corrected chi connectivity index (χ2v) is 5.05. The van der Waals surface area contributed by atoms with E-state index in [1.54, 1.807) is 12.1 Å². The molecular weight excluding hydrogens is 250 g/mol. The van der Waals surface area contributed by atoms with Gasteiger partial charge in [-0.15, -0.1) is 0 Å². The summed E-state index contributed by atoms with van der Waals surface area (Å²) >= 11 is 0. The van der Waals surface area contributed by atoms with Gasteiger partial charge in [-0.05, 0) is 55.3 Å². The molecule has 0 unspecified atom stereocenters. The van der Waals surface area contributed by atoms with Crippen molar-refractivity contribution in [2.45, 2.75) is 13.8 Å². The Morgan fingerprint density at radius 3 is 2.40 bits per heavy atom. The van der Waals surface area contributed by atoms with E-state index in [9.17, 15) is 4.79 Å². The van der Waals surface area contributed by atoms with E-state index in [0.717, 1.165) is 16.7 Å². The van der Waals surface area contributed by atoms with Gasteiger partial charge in [0.05, 0.1) is 5.39 Å². The fourth-order valence-corrected chi connectivity index (χ4v) is 2.45. The molecule has 2 aromatic carbocycles. The summed E-state index contributed by atoms with van der Waals surface area (Å²) in [4.78, 5) is 12.3. The normalized spacial score (nSPS) is 10.9. The molecule has 0 bridgehead atoms. The molecule has 20 heavy (non-hydrogen) atoms. The van der Waals surface area contributed by atoms with Crippen LogP contribution in [-0.4, -0.2) is 0 Å². The van der Waals surface area contributed by atoms with Gasteiger partial charge < -0.3 is 10.2 Å². The fraction of sp³-hybridized carbons (Fsp3) is 0.118. The van der Waals surface area contributed by atoms with Crippen LogP contribution in [0.3, 0.4) is 0 Å². The number of anilines is 1. The third-order valence-electron chi connectivity index (χ3n) is 3.37. The van der Waals surface area contributed by atoms with E-state index in [2.05, 4.69) is 0 Å². The Balaban J connectivity index is 2.29. The largest absolute Gasteiger partial charge is 0.456 e. The standard InChI is InChI=1S/C17H15NO2/c1-10-7-11(2)17-14(19)9-15(20-16(17)8-10)12-3-5-13(18)6-4-12/h3-9H,18H2,1-2H3. The maximum atomic E-state index is 12.3. The van der Waals surface area contributed by atoms with Crippen LogP contribution in [-0.2, 0) is 0 Å². The molecule has 0 spiro atoms. The summed E-state index contributed by atoms with van der Waals surface area (Å²) in [7, 11) is 0. The van der Waals surface area contributed by atoms with Crippen LogP contribution in [0, 0.1) is 13.8 Å². The van der Waals surface area contributed by atoms with Crippen LogP contribution in [0.2, 0.25) is 0 Å². The summed E-state index contributed by atoms with van der Waals surface area (Å²) < 4.78 is 5.89. The van der Waals surface area contributed by atoms with Gasteiger partial charge in [0.25, 0.3) is 0 Å². The van der Waals surface area contributed by atoms with Crippen LogP contribution in [0.1, 0.15) is 11.1 Å². The van der Waals surface area contributed by atoms with E-state index in [4.69, 9.17) is 10.2 Å². The first-order chi connectivity index (χ1) is 9.54. The van der Waals surface area contributed by atoms with Crippen molar-refractivity contribution in [1.82, 2.24) is 0 Å². The molecule has 0 amide bonds. The zero-order valence-electron chi connectivity index (χ0n) is 11.4. The molecule has 2 N–H and O–H groups in total. The van der Waals surface area contributed by atoms with Crippen LogP contribution in [0.25, 0.3) is 22.3 Å². The number of fused-ring (bicyclic) bond motifs is 1. The van der Waals surface area contributed by atoms with Gasteiger partial charge in [0.1, 0.15) is 11.3 Å². The Morgan fingerprint density at radius 2 is 1.70 bits per heavy atom. The number of nitrogen functional groups attached to an aromatic ring is 1. The van der Waals surface area contributed by atoms with Gasteiger partial charge in [0.2, 0.25) is 0 Å². The van der Waals surface area contributed by atoms with E-state index in [1.807, 2.05) is 38.1 Å². The molecule has 0 aliphatic heterocycles. The molecule has 1 aromatic heterocycles. The Bertz CT molecular complexity index is 845. The van der Waals surface area contributed by atoms with Gasteiger partial charge in [0.15, 0.2) is 5.43 Å². The minimum atomic E-state index is -0.0180. The topological polar surface area (TPSA) is 56.2 Å².